The van der Waals surface area contributed by atoms with Crippen LogP contribution in [-0.2, 0) is 10.0 Å². The van der Waals surface area contributed by atoms with E-state index in [1.54, 1.807) is 12.1 Å². The summed E-state index contributed by atoms with van der Waals surface area (Å²) in [5.74, 6) is 0.327. The molecule has 17 heavy (non-hydrogen) atoms. The summed E-state index contributed by atoms with van der Waals surface area (Å²) in [5, 5.41) is 10.4. The van der Waals surface area contributed by atoms with Crippen LogP contribution in [0.5, 0.6) is 0 Å². The predicted molar refractivity (Wildman–Crippen MR) is 67.2 cm³/mol. The maximum atomic E-state index is 11.6. The zero-order valence-electron chi connectivity index (χ0n) is 10.0. The Bertz CT molecular complexity index is 419. The highest BCUT2D eigenvalue weighted by molar-refractivity contribution is 7.92. The molecule has 0 unspecified atom stereocenters. The first-order chi connectivity index (χ1) is 7.99. The second-order valence-electron chi connectivity index (χ2n) is 3.99. The molecule has 1 aromatic heterocycles. The van der Waals surface area contributed by atoms with E-state index in [0.717, 1.165) is 0 Å². The first-order valence-electron chi connectivity index (χ1n) is 5.51. The van der Waals surface area contributed by atoms with E-state index in [4.69, 9.17) is 0 Å². The molecule has 6 nitrogen and oxygen atoms in total. The Kier molecular flexibility index (Phi) is 5.30. The lowest BCUT2D eigenvalue weighted by atomic mass is 10.4. The van der Waals surface area contributed by atoms with Gasteiger partial charge in [-0.3, -0.25) is 4.72 Å². The van der Waals surface area contributed by atoms with Crippen molar-refractivity contribution in [3.63, 3.8) is 0 Å². The number of aromatic nitrogens is 2. The van der Waals surface area contributed by atoms with E-state index in [1.807, 2.05) is 13.8 Å². The molecule has 1 heterocycles. The van der Waals surface area contributed by atoms with Gasteiger partial charge in [0.2, 0.25) is 10.0 Å². The van der Waals surface area contributed by atoms with E-state index in [1.165, 1.54) is 6.20 Å². The number of nitrogens with zero attached hydrogens (tertiary/aromatic N) is 2. The monoisotopic (exact) mass is 258 g/mol. The van der Waals surface area contributed by atoms with Gasteiger partial charge in [-0.25, -0.2) is 8.42 Å². The number of hydrogen-bond donors (Lipinski definition) is 2. The second kappa shape index (κ2) is 6.51. The third kappa shape index (κ3) is 6.18. The smallest absolute Gasteiger partial charge is 0.233 e. The van der Waals surface area contributed by atoms with E-state index in [-0.39, 0.29) is 11.6 Å². The summed E-state index contributed by atoms with van der Waals surface area (Å²) in [7, 11) is -3.33. The molecule has 0 aliphatic heterocycles. The Morgan fingerprint density at radius 1 is 1.41 bits per heavy atom. The van der Waals surface area contributed by atoms with Gasteiger partial charge in [-0.2, -0.15) is 5.10 Å². The molecule has 0 amide bonds. The molecule has 0 bridgehead atoms. The third-order valence-electron chi connectivity index (χ3n) is 1.97. The molecular weight excluding hydrogens is 240 g/mol. The van der Waals surface area contributed by atoms with Crippen molar-refractivity contribution in [3.05, 3.63) is 18.3 Å². The van der Waals surface area contributed by atoms with Gasteiger partial charge in [0.15, 0.2) is 5.82 Å². The van der Waals surface area contributed by atoms with Crippen LogP contribution < -0.4 is 10.0 Å². The van der Waals surface area contributed by atoms with Crippen LogP contribution in [0.15, 0.2) is 18.3 Å². The molecule has 0 saturated carbocycles. The highest BCUT2D eigenvalue weighted by Crippen LogP contribution is 2.03. The lowest BCUT2D eigenvalue weighted by Crippen LogP contribution is -2.26. The number of nitrogens with one attached hydrogen (secondary N) is 2. The zero-order chi connectivity index (χ0) is 12.7. The van der Waals surface area contributed by atoms with E-state index >= 15 is 0 Å². The van der Waals surface area contributed by atoms with Crippen LogP contribution in [0.1, 0.15) is 20.3 Å². The lowest BCUT2D eigenvalue weighted by molar-refractivity contribution is 0.571. The van der Waals surface area contributed by atoms with E-state index in [0.29, 0.717) is 19.0 Å². The number of anilines is 1. The fourth-order valence-electron chi connectivity index (χ4n) is 1.22. The minimum Gasteiger partial charge on any atom is -0.314 e. The topological polar surface area (TPSA) is 84.0 Å². The van der Waals surface area contributed by atoms with Crippen molar-refractivity contribution >= 4 is 15.8 Å². The predicted octanol–water partition coefficient (Wildman–Crippen LogP) is 0.606. The summed E-state index contributed by atoms with van der Waals surface area (Å²) in [4.78, 5) is 0. The van der Waals surface area contributed by atoms with Gasteiger partial charge >= 0.3 is 0 Å². The lowest BCUT2D eigenvalue weighted by Gasteiger charge is -2.09. The van der Waals surface area contributed by atoms with Gasteiger partial charge in [0, 0.05) is 12.2 Å². The Morgan fingerprint density at radius 3 is 2.76 bits per heavy atom. The molecule has 0 fully saturated rings. The van der Waals surface area contributed by atoms with Gasteiger partial charge in [0.25, 0.3) is 0 Å². The van der Waals surface area contributed by atoms with Crippen molar-refractivity contribution < 1.29 is 8.42 Å². The van der Waals surface area contributed by atoms with Crippen molar-refractivity contribution in [1.82, 2.24) is 15.5 Å². The summed E-state index contributed by atoms with van der Waals surface area (Å²) < 4.78 is 25.7. The van der Waals surface area contributed by atoms with Crippen molar-refractivity contribution in [3.8, 4) is 0 Å². The number of sulfonamides is 1. The fourth-order valence-corrected chi connectivity index (χ4v) is 2.27. The summed E-state index contributed by atoms with van der Waals surface area (Å²) >= 11 is 0. The maximum absolute atomic E-state index is 11.6. The van der Waals surface area contributed by atoms with Gasteiger partial charge in [0.1, 0.15) is 0 Å². The average molecular weight is 258 g/mol. The number of rotatable bonds is 7. The molecule has 0 spiro atoms. The van der Waals surface area contributed by atoms with Crippen LogP contribution in [0.25, 0.3) is 0 Å². The van der Waals surface area contributed by atoms with Gasteiger partial charge < -0.3 is 5.32 Å². The molecule has 0 aromatic carbocycles. The molecule has 0 radical (unpaired) electrons. The molecule has 96 valence electrons. The van der Waals surface area contributed by atoms with Crippen molar-refractivity contribution in [2.24, 2.45) is 0 Å². The van der Waals surface area contributed by atoms with Crippen LogP contribution in [0.3, 0.4) is 0 Å². The minimum atomic E-state index is -3.33. The van der Waals surface area contributed by atoms with Crippen molar-refractivity contribution in [1.29, 1.82) is 0 Å². The van der Waals surface area contributed by atoms with Crippen LogP contribution in [0, 0.1) is 0 Å². The SMILES string of the molecule is CC(C)NCCCS(=O)(=O)Nc1cccnn1. The molecule has 0 aliphatic rings. The molecule has 2 N–H and O–H groups in total. The zero-order valence-corrected chi connectivity index (χ0v) is 10.9. The highest BCUT2D eigenvalue weighted by Gasteiger charge is 2.10. The molecule has 7 heteroatoms. The van der Waals surface area contributed by atoms with Gasteiger partial charge in [-0.1, -0.05) is 13.8 Å². The van der Waals surface area contributed by atoms with Crippen molar-refractivity contribution in [2.45, 2.75) is 26.3 Å². The molecular formula is C10H18N4O2S. The second-order valence-corrected chi connectivity index (χ2v) is 5.83. The van der Waals surface area contributed by atoms with Gasteiger partial charge in [-0.05, 0) is 25.1 Å². The molecule has 0 atom stereocenters. The maximum Gasteiger partial charge on any atom is 0.233 e. The van der Waals surface area contributed by atoms with Crippen LogP contribution in [0.2, 0.25) is 0 Å². The minimum absolute atomic E-state index is 0.0727. The fraction of sp³-hybridized carbons (Fsp3) is 0.600. The first kappa shape index (κ1) is 13.9. The molecule has 1 rings (SSSR count). The largest absolute Gasteiger partial charge is 0.314 e. The summed E-state index contributed by atoms with van der Waals surface area (Å²) in [5.41, 5.74) is 0. The third-order valence-corrected chi connectivity index (χ3v) is 3.32. The number of hydrogen-bond acceptors (Lipinski definition) is 5. The van der Waals surface area contributed by atoms with Crippen LogP contribution in [-0.4, -0.2) is 37.0 Å². The highest BCUT2D eigenvalue weighted by atomic mass is 32.2. The Morgan fingerprint density at radius 2 is 2.18 bits per heavy atom. The molecule has 1 aromatic rings. The Hall–Kier alpha value is -1.21. The van der Waals surface area contributed by atoms with Crippen LogP contribution in [0.4, 0.5) is 5.82 Å². The quantitative estimate of drug-likeness (QED) is 0.700. The van der Waals surface area contributed by atoms with E-state index < -0.39 is 10.0 Å². The Balaban J connectivity index is 2.37. The summed E-state index contributed by atoms with van der Waals surface area (Å²) in [6.45, 7) is 4.72. The summed E-state index contributed by atoms with van der Waals surface area (Å²) in [6, 6.07) is 3.56. The Labute approximate surface area is 102 Å². The van der Waals surface area contributed by atoms with E-state index in [9.17, 15) is 8.42 Å². The first-order valence-corrected chi connectivity index (χ1v) is 7.16. The standard InChI is InChI=1S/C10H18N4O2S/c1-9(2)11-6-4-8-17(15,16)14-10-5-3-7-12-13-10/h3,5,7,9,11H,4,6,8H2,1-2H3,(H,13,14). The average Bonchev–Trinajstić information content (AvgIpc) is 2.25. The van der Waals surface area contributed by atoms with Gasteiger partial charge in [0.05, 0.1) is 5.75 Å². The van der Waals surface area contributed by atoms with E-state index in [2.05, 4.69) is 20.2 Å². The molecule has 0 saturated heterocycles. The van der Waals surface area contributed by atoms with Gasteiger partial charge in [-0.15, -0.1) is 5.10 Å². The normalized spacial score (nSPS) is 11.7. The van der Waals surface area contributed by atoms with Crippen LogP contribution >= 0.6 is 0 Å². The van der Waals surface area contributed by atoms with Crippen molar-refractivity contribution in [2.75, 3.05) is 17.0 Å². The molecule has 0 aliphatic carbocycles. The summed E-state index contributed by atoms with van der Waals surface area (Å²) in [6.07, 6.45) is 2.05.